The second-order valence-corrected chi connectivity index (χ2v) is 7.23. The number of hydrogen-bond acceptors (Lipinski definition) is 3. The minimum absolute atomic E-state index is 0.229. The molecule has 0 radical (unpaired) electrons. The number of fused-ring (bicyclic) bond motifs is 1. The summed E-state index contributed by atoms with van der Waals surface area (Å²) in [6.45, 7) is 6.39. The fourth-order valence-corrected chi connectivity index (χ4v) is 3.64. The van der Waals surface area contributed by atoms with Gasteiger partial charge in [0.1, 0.15) is 0 Å². The molecule has 0 spiro atoms. The standard InChI is InChI=1S/C16H21NO3S/c1-4-20-16(2,3)12-17-21(18,19)15-11-7-9-13-8-5-6-10-14(13)15/h5-11,17H,4,12H2,1-3H3. The SMILES string of the molecule is CCOC(C)(C)CNS(=O)(=O)c1cccc2ccccc12. The second-order valence-electron chi connectivity index (χ2n) is 5.49. The number of ether oxygens (including phenoxy) is 1. The Morgan fingerprint density at radius 2 is 1.76 bits per heavy atom. The maximum absolute atomic E-state index is 12.5. The Morgan fingerprint density at radius 1 is 1.10 bits per heavy atom. The van der Waals surface area contributed by atoms with Crippen LogP contribution in [-0.2, 0) is 14.8 Å². The Morgan fingerprint density at radius 3 is 2.48 bits per heavy atom. The van der Waals surface area contributed by atoms with Gasteiger partial charge in [0.05, 0.1) is 10.5 Å². The van der Waals surface area contributed by atoms with Gasteiger partial charge in [0.15, 0.2) is 0 Å². The van der Waals surface area contributed by atoms with Gasteiger partial charge < -0.3 is 4.74 Å². The lowest BCUT2D eigenvalue weighted by molar-refractivity contribution is -0.00514. The summed E-state index contributed by atoms with van der Waals surface area (Å²) in [7, 11) is -3.57. The molecule has 4 nitrogen and oxygen atoms in total. The van der Waals surface area contributed by atoms with Crippen molar-refractivity contribution in [1.82, 2.24) is 4.72 Å². The van der Waals surface area contributed by atoms with Crippen LogP contribution in [0.1, 0.15) is 20.8 Å². The maximum Gasteiger partial charge on any atom is 0.241 e. The first-order chi connectivity index (χ1) is 9.86. The van der Waals surface area contributed by atoms with E-state index in [1.54, 1.807) is 12.1 Å². The Labute approximate surface area is 126 Å². The molecule has 5 heteroatoms. The lowest BCUT2D eigenvalue weighted by Gasteiger charge is -2.25. The molecule has 0 fully saturated rings. The molecule has 0 heterocycles. The van der Waals surface area contributed by atoms with E-state index in [1.807, 2.05) is 51.1 Å². The molecule has 0 aliphatic heterocycles. The van der Waals surface area contributed by atoms with Crippen LogP contribution in [-0.4, -0.2) is 27.2 Å². The topological polar surface area (TPSA) is 55.4 Å². The summed E-state index contributed by atoms with van der Waals surface area (Å²) >= 11 is 0. The zero-order valence-corrected chi connectivity index (χ0v) is 13.4. The maximum atomic E-state index is 12.5. The molecule has 0 atom stereocenters. The Kier molecular flexibility index (Phi) is 4.66. The van der Waals surface area contributed by atoms with Gasteiger partial charge in [-0.15, -0.1) is 0 Å². The van der Waals surface area contributed by atoms with Crippen molar-refractivity contribution in [2.75, 3.05) is 13.2 Å². The quantitative estimate of drug-likeness (QED) is 0.892. The highest BCUT2D eigenvalue weighted by molar-refractivity contribution is 7.89. The second kappa shape index (κ2) is 6.13. The fraction of sp³-hybridized carbons (Fsp3) is 0.375. The average Bonchev–Trinajstić information content (AvgIpc) is 2.45. The van der Waals surface area contributed by atoms with Crippen molar-refractivity contribution in [3.8, 4) is 0 Å². The smallest absolute Gasteiger partial charge is 0.241 e. The first-order valence-electron chi connectivity index (χ1n) is 6.97. The van der Waals surface area contributed by atoms with Gasteiger partial charge in [-0.2, -0.15) is 0 Å². The molecule has 0 unspecified atom stereocenters. The minimum Gasteiger partial charge on any atom is -0.375 e. The summed E-state index contributed by atoms with van der Waals surface area (Å²) in [5.74, 6) is 0. The van der Waals surface area contributed by atoms with E-state index in [0.29, 0.717) is 11.5 Å². The lowest BCUT2D eigenvalue weighted by Crippen LogP contribution is -2.40. The summed E-state index contributed by atoms with van der Waals surface area (Å²) in [6, 6.07) is 12.7. The molecule has 2 aromatic carbocycles. The van der Waals surface area contributed by atoms with Crippen LogP contribution in [0, 0.1) is 0 Å². The van der Waals surface area contributed by atoms with Crippen molar-refractivity contribution in [1.29, 1.82) is 0 Å². The molecule has 114 valence electrons. The van der Waals surface area contributed by atoms with Gasteiger partial charge in [-0.25, -0.2) is 13.1 Å². The van der Waals surface area contributed by atoms with E-state index in [9.17, 15) is 8.42 Å². The third-order valence-corrected chi connectivity index (χ3v) is 4.72. The highest BCUT2D eigenvalue weighted by Crippen LogP contribution is 2.22. The van der Waals surface area contributed by atoms with E-state index in [0.717, 1.165) is 10.8 Å². The molecule has 2 aromatic rings. The predicted octanol–water partition coefficient (Wildman–Crippen LogP) is 2.93. The van der Waals surface area contributed by atoms with Crippen LogP contribution in [0.2, 0.25) is 0 Å². The van der Waals surface area contributed by atoms with Crippen molar-refractivity contribution in [3.05, 3.63) is 42.5 Å². The molecule has 0 saturated carbocycles. The molecule has 2 rings (SSSR count). The molecule has 0 aromatic heterocycles. The zero-order chi connectivity index (χ0) is 15.5. The van der Waals surface area contributed by atoms with Crippen LogP contribution in [0.3, 0.4) is 0 Å². The Hall–Kier alpha value is -1.43. The fourth-order valence-electron chi connectivity index (χ4n) is 2.22. The van der Waals surface area contributed by atoms with Crippen molar-refractivity contribution in [2.45, 2.75) is 31.3 Å². The van der Waals surface area contributed by atoms with Crippen LogP contribution in [0.4, 0.5) is 0 Å². The summed E-state index contributed by atoms with van der Waals surface area (Å²) in [5, 5.41) is 1.63. The van der Waals surface area contributed by atoms with Gasteiger partial charge in [-0.05, 0) is 32.2 Å². The summed E-state index contributed by atoms with van der Waals surface area (Å²) in [6.07, 6.45) is 0. The monoisotopic (exact) mass is 307 g/mol. The van der Waals surface area contributed by atoms with E-state index in [1.165, 1.54) is 0 Å². The normalized spacial score (nSPS) is 12.7. The molecule has 0 aliphatic carbocycles. The van der Waals surface area contributed by atoms with Crippen molar-refractivity contribution in [3.63, 3.8) is 0 Å². The number of benzene rings is 2. The Bertz CT molecular complexity index is 718. The molecule has 0 bridgehead atoms. The summed E-state index contributed by atoms with van der Waals surface area (Å²) in [5.41, 5.74) is -0.535. The number of hydrogen-bond donors (Lipinski definition) is 1. The van der Waals surface area contributed by atoms with Gasteiger partial charge in [0.25, 0.3) is 0 Å². The first kappa shape index (κ1) is 15.9. The van der Waals surface area contributed by atoms with Crippen LogP contribution in [0.5, 0.6) is 0 Å². The number of sulfonamides is 1. The molecule has 0 amide bonds. The van der Waals surface area contributed by atoms with Crippen LogP contribution >= 0.6 is 0 Å². The highest BCUT2D eigenvalue weighted by atomic mass is 32.2. The van der Waals surface area contributed by atoms with E-state index < -0.39 is 15.6 Å². The molecular formula is C16H21NO3S. The van der Waals surface area contributed by atoms with Crippen LogP contribution in [0.15, 0.2) is 47.4 Å². The minimum atomic E-state index is -3.57. The zero-order valence-electron chi connectivity index (χ0n) is 12.6. The number of rotatable bonds is 6. The first-order valence-corrected chi connectivity index (χ1v) is 8.45. The van der Waals surface area contributed by atoms with Gasteiger partial charge in [0.2, 0.25) is 10.0 Å². The van der Waals surface area contributed by atoms with Gasteiger partial charge in [-0.1, -0.05) is 36.4 Å². The van der Waals surface area contributed by atoms with Gasteiger partial charge in [0, 0.05) is 18.5 Å². The third-order valence-electron chi connectivity index (χ3n) is 3.26. The largest absolute Gasteiger partial charge is 0.375 e. The van der Waals surface area contributed by atoms with E-state index >= 15 is 0 Å². The predicted molar refractivity (Wildman–Crippen MR) is 84.8 cm³/mol. The van der Waals surface area contributed by atoms with Crippen LogP contribution in [0.25, 0.3) is 10.8 Å². The third kappa shape index (κ3) is 3.81. The Balaban J connectivity index is 2.30. The number of nitrogens with one attached hydrogen (secondary N) is 1. The van der Waals surface area contributed by atoms with Gasteiger partial charge in [-0.3, -0.25) is 0 Å². The van der Waals surface area contributed by atoms with Crippen molar-refractivity contribution < 1.29 is 13.2 Å². The van der Waals surface area contributed by atoms with E-state index in [4.69, 9.17) is 4.74 Å². The molecule has 1 N–H and O–H groups in total. The molecule has 0 saturated heterocycles. The molecule has 21 heavy (non-hydrogen) atoms. The molecule has 0 aliphatic rings. The highest BCUT2D eigenvalue weighted by Gasteiger charge is 2.23. The van der Waals surface area contributed by atoms with Crippen LogP contribution < -0.4 is 4.72 Å². The summed E-state index contributed by atoms with van der Waals surface area (Å²) in [4.78, 5) is 0.299. The van der Waals surface area contributed by atoms with E-state index in [2.05, 4.69) is 4.72 Å². The summed E-state index contributed by atoms with van der Waals surface area (Å²) < 4.78 is 33.2. The van der Waals surface area contributed by atoms with Crippen molar-refractivity contribution in [2.24, 2.45) is 0 Å². The lowest BCUT2D eigenvalue weighted by atomic mass is 10.1. The van der Waals surface area contributed by atoms with Gasteiger partial charge >= 0.3 is 0 Å². The molecular weight excluding hydrogens is 286 g/mol. The van der Waals surface area contributed by atoms with Crippen molar-refractivity contribution >= 4 is 20.8 Å². The van der Waals surface area contributed by atoms with E-state index in [-0.39, 0.29) is 6.54 Å². The average molecular weight is 307 g/mol.